The van der Waals surface area contributed by atoms with Crippen LogP contribution in [0.25, 0.3) is 79.3 Å². The molecule has 4 heteroatoms. The van der Waals surface area contributed by atoms with Crippen LogP contribution in [-0.2, 0) is 13.1 Å². The highest BCUT2D eigenvalue weighted by molar-refractivity contribution is 6.09. The number of unbranched alkanes of at least 4 members (excludes halogenated alkanes) is 14. The lowest BCUT2D eigenvalue weighted by atomic mass is 10.1. The molecule has 0 atom stereocenters. The smallest absolute Gasteiger partial charge is 0.0892 e. The lowest BCUT2D eigenvalue weighted by Crippen LogP contribution is -1.97. The van der Waals surface area contributed by atoms with Crippen molar-refractivity contribution in [1.82, 2.24) is 19.1 Å². The molecule has 4 aromatic heterocycles. The zero-order chi connectivity index (χ0) is 42.4. The van der Waals surface area contributed by atoms with Crippen LogP contribution in [0.4, 0.5) is 0 Å². The molecule has 8 aromatic rings. The number of aromatic nitrogens is 4. The van der Waals surface area contributed by atoms with Crippen LogP contribution in [0, 0.1) is 0 Å². The quantitative estimate of drug-likeness (QED) is 0.0603. The molecule has 4 aromatic carbocycles. The molecule has 0 spiro atoms. The van der Waals surface area contributed by atoms with E-state index in [9.17, 15) is 0 Å². The summed E-state index contributed by atoms with van der Waals surface area (Å²) in [4.78, 5) is 9.48. The SMILES string of the molecule is CCCCCCCCCCn1c2ccccc2c2cc(C=Cc3ccnc(-c4cc(C=Cc5ccc6c(c5)c5ccccc5n6CCCCCCCCCC)ccn4)c3)ccc21. The van der Waals surface area contributed by atoms with E-state index in [-0.39, 0.29) is 0 Å². The summed E-state index contributed by atoms with van der Waals surface area (Å²) in [5.41, 5.74) is 11.7. The molecule has 0 bridgehead atoms. The van der Waals surface area contributed by atoms with Crippen LogP contribution in [0.15, 0.2) is 122 Å². The van der Waals surface area contributed by atoms with Gasteiger partial charge in [-0.1, -0.05) is 177 Å². The summed E-state index contributed by atoms with van der Waals surface area (Å²) >= 11 is 0. The van der Waals surface area contributed by atoms with Crippen LogP contribution in [-0.4, -0.2) is 19.1 Å². The predicted molar refractivity (Wildman–Crippen MR) is 269 cm³/mol. The molecule has 318 valence electrons. The van der Waals surface area contributed by atoms with Gasteiger partial charge in [0.1, 0.15) is 0 Å². The molecule has 0 N–H and O–H groups in total. The Morgan fingerprint density at radius 1 is 0.355 bits per heavy atom. The Kier molecular flexibility index (Phi) is 15.1. The summed E-state index contributed by atoms with van der Waals surface area (Å²) in [6.07, 6.45) is 34.0. The molecular formula is C58H66N4. The zero-order valence-electron chi connectivity index (χ0n) is 37.4. The third kappa shape index (κ3) is 10.6. The monoisotopic (exact) mass is 819 g/mol. The first-order valence-electron chi connectivity index (χ1n) is 24.0. The van der Waals surface area contributed by atoms with Crippen LogP contribution in [0.3, 0.4) is 0 Å². The minimum Gasteiger partial charge on any atom is -0.340 e. The van der Waals surface area contributed by atoms with Crippen LogP contribution in [0.5, 0.6) is 0 Å². The minimum absolute atomic E-state index is 0.868. The Morgan fingerprint density at radius 3 is 1.13 bits per heavy atom. The Bertz CT molecular complexity index is 2550. The fourth-order valence-electron chi connectivity index (χ4n) is 9.41. The third-order valence-corrected chi connectivity index (χ3v) is 12.8. The molecule has 0 saturated carbocycles. The van der Waals surface area contributed by atoms with E-state index in [1.54, 1.807) is 0 Å². The molecule has 0 amide bonds. The van der Waals surface area contributed by atoms with Crippen LogP contribution >= 0.6 is 0 Å². The van der Waals surface area contributed by atoms with Crippen molar-refractivity contribution in [3.05, 3.63) is 144 Å². The normalized spacial score (nSPS) is 12.1. The van der Waals surface area contributed by atoms with E-state index in [2.05, 4.69) is 156 Å². The average Bonchev–Trinajstić information content (AvgIpc) is 3.80. The molecule has 0 saturated heterocycles. The van der Waals surface area contributed by atoms with Crippen LogP contribution < -0.4 is 0 Å². The summed E-state index contributed by atoms with van der Waals surface area (Å²) < 4.78 is 5.08. The third-order valence-electron chi connectivity index (χ3n) is 12.8. The summed E-state index contributed by atoms with van der Waals surface area (Å²) in [6, 6.07) is 40.1. The fourth-order valence-corrected chi connectivity index (χ4v) is 9.41. The van der Waals surface area contributed by atoms with Crippen molar-refractivity contribution in [3.63, 3.8) is 0 Å². The first-order chi connectivity index (χ1) is 30.7. The maximum Gasteiger partial charge on any atom is 0.0892 e. The van der Waals surface area contributed by atoms with E-state index in [1.807, 2.05) is 12.4 Å². The molecule has 4 nitrogen and oxygen atoms in total. The van der Waals surface area contributed by atoms with Gasteiger partial charge >= 0.3 is 0 Å². The van der Waals surface area contributed by atoms with Crippen molar-refractivity contribution in [1.29, 1.82) is 0 Å². The summed E-state index contributed by atoms with van der Waals surface area (Å²) in [6.45, 7) is 6.72. The number of rotatable bonds is 23. The van der Waals surface area contributed by atoms with E-state index in [4.69, 9.17) is 9.97 Å². The van der Waals surface area contributed by atoms with Crippen molar-refractivity contribution in [2.45, 2.75) is 130 Å². The van der Waals surface area contributed by atoms with Gasteiger partial charge in [0, 0.05) is 69.1 Å². The Hall–Kier alpha value is -5.74. The number of hydrogen-bond acceptors (Lipinski definition) is 2. The molecule has 4 heterocycles. The van der Waals surface area contributed by atoms with Gasteiger partial charge in [0.15, 0.2) is 0 Å². The number of para-hydroxylation sites is 2. The zero-order valence-corrected chi connectivity index (χ0v) is 37.4. The first kappa shape index (κ1) is 42.9. The van der Waals surface area contributed by atoms with E-state index >= 15 is 0 Å². The summed E-state index contributed by atoms with van der Waals surface area (Å²) in [7, 11) is 0. The lowest BCUT2D eigenvalue weighted by Gasteiger charge is -2.08. The number of benzene rings is 4. The standard InChI is InChI=1S/C58H66N4/c1-3-5-7-9-11-13-15-21-39-61-55-25-19-17-23-49(55)51-41-45(31-33-57(51)61)27-29-47-35-37-59-53(43-47)54-44-48(36-38-60-54)30-28-46-32-34-58-52(42-46)50-24-18-20-26-56(50)62(58)40-22-16-14-12-10-8-6-4-2/h17-20,23-38,41-44H,3-16,21-22,39-40H2,1-2H3. The van der Waals surface area contributed by atoms with E-state index in [0.29, 0.717) is 0 Å². The van der Waals surface area contributed by atoms with Gasteiger partial charge in [0.2, 0.25) is 0 Å². The van der Waals surface area contributed by atoms with Gasteiger partial charge in [-0.05, 0) is 95.8 Å². The summed E-state index contributed by atoms with van der Waals surface area (Å²) in [5.74, 6) is 0. The minimum atomic E-state index is 0.868. The number of aryl methyl sites for hydroxylation is 2. The Balaban J connectivity index is 0.929. The highest BCUT2D eigenvalue weighted by Crippen LogP contribution is 2.33. The van der Waals surface area contributed by atoms with Crippen molar-refractivity contribution in [3.8, 4) is 11.4 Å². The van der Waals surface area contributed by atoms with Gasteiger partial charge in [0.05, 0.1) is 11.4 Å². The Labute approximate surface area is 370 Å². The van der Waals surface area contributed by atoms with Gasteiger partial charge in [-0.15, -0.1) is 0 Å². The molecule has 0 fully saturated rings. The van der Waals surface area contributed by atoms with E-state index < -0.39 is 0 Å². The number of hydrogen-bond donors (Lipinski definition) is 0. The largest absolute Gasteiger partial charge is 0.340 e. The molecule has 0 unspecified atom stereocenters. The van der Waals surface area contributed by atoms with Crippen LogP contribution in [0.2, 0.25) is 0 Å². The van der Waals surface area contributed by atoms with Gasteiger partial charge in [-0.3, -0.25) is 9.97 Å². The van der Waals surface area contributed by atoms with Crippen molar-refractivity contribution in [2.75, 3.05) is 0 Å². The fraction of sp³-hybridized carbons (Fsp3) is 0.345. The predicted octanol–water partition coefficient (Wildman–Crippen LogP) is 17.0. The average molecular weight is 819 g/mol. The highest BCUT2D eigenvalue weighted by Gasteiger charge is 2.12. The molecule has 62 heavy (non-hydrogen) atoms. The maximum atomic E-state index is 4.74. The number of pyridine rings is 2. The molecule has 0 radical (unpaired) electrons. The summed E-state index contributed by atoms with van der Waals surface area (Å²) in [5, 5.41) is 5.32. The highest BCUT2D eigenvalue weighted by atomic mass is 15.0. The lowest BCUT2D eigenvalue weighted by molar-refractivity contribution is 0.553. The Morgan fingerprint density at radius 2 is 0.710 bits per heavy atom. The first-order valence-corrected chi connectivity index (χ1v) is 24.0. The van der Waals surface area contributed by atoms with Crippen molar-refractivity contribution in [2.24, 2.45) is 0 Å². The topological polar surface area (TPSA) is 35.6 Å². The second kappa shape index (κ2) is 21.9. The van der Waals surface area contributed by atoms with Crippen molar-refractivity contribution < 1.29 is 0 Å². The van der Waals surface area contributed by atoms with E-state index in [0.717, 1.165) is 35.6 Å². The van der Waals surface area contributed by atoms with E-state index in [1.165, 1.54) is 157 Å². The van der Waals surface area contributed by atoms with Crippen molar-refractivity contribution >= 4 is 67.9 Å². The van der Waals surface area contributed by atoms with Gasteiger partial charge in [0.25, 0.3) is 0 Å². The molecule has 0 aliphatic rings. The number of nitrogens with zero attached hydrogens (tertiary/aromatic N) is 4. The molecule has 0 aliphatic heterocycles. The van der Waals surface area contributed by atoms with Gasteiger partial charge in [-0.2, -0.15) is 0 Å². The number of fused-ring (bicyclic) bond motifs is 6. The molecular weight excluding hydrogens is 753 g/mol. The molecule has 0 aliphatic carbocycles. The van der Waals surface area contributed by atoms with Crippen LogP contribution in [0.1, 0.15) is 139 Å². The van der Waals surface area contributed by atoms with Gasteiger partial charge in [-0.25, -0.2) is 0 Å². The maximum absolute atomic E-state index is 4.74. The van der Waals surface area contributed by atoms with Gasteiger partial charge < -0.3 is 9.13 Å². The second-order valence-corrected chi connectivity index (χ2v) is 17.5. The molecule has 8 rings (SSSR count). The second-order valence-electron chi connectivity index (χ2n) is 17.5.